The van der Waals surface area contributed by atoms with Crippen molar-refractivity contribution >= 4 is 5.97 Å². The third kappa shape index (κ3) is 13.2. The van der Waals surface area contributed by atoms with E-state index in [1.807, 2.05) is 0 Å². The third-order valence-corrected chi connectivity index (χ3v) is 5.57. The zero-order valence-corrected chi connectivity index (χ0v) is 18.6. The Balaban J connectivity index is 1.95. The molecule has 0 aliphatic carbocycles. The van der Waals surface area contributed by atoms with Gasteiger partial charge in [0.15, 0.2) is 11.5 Å². The minimum absolute atomic E-state index is 0.221. The summed E-state index contributed by atoms with van der Waals surface area (Å²) in [7, 11) is 0. The van der Waals surface area contributed by atoms with E-state index >= 15 is 0 Å². The molecule has 29 heavy (non-hydrogen) atoms. The molecule has 0 saturated heterocycles. The van der Waals surface area contributed by atoms with Gasteiger partial charge in [0.2, 0.25) is 0 Å². The first-order chi connectivity index (χ1) is 14.0. The molecule has 1 atom stereocenters. The summed E-state index contributed by atoms with van der Waals surface area (Å²) in [4.78, 5) is 11.9. The van der Waals surface area contributed by atoms with Crippen LogP contribution in [-0.4, -0.2) is 16.2 Å². The maximum atomic E-state index is 11.9. The first kappa shape index (κ1) is 25.3. The lowest BCUT2D eigenvalue weighted by Gasteiger charge is -2.11. The van der Waals surface area contributed by atoms with Crippen LogP contribution in [0.2, 0.25) is 0 Å². The van der Waals surface area contributed by atoms with Gasteiger partial charge in [0.05, 0.1) is 0 Å². The molecule has 0 amide bonds. The number of carbonyl (C=O) groups excluding carboxylic acids is 1. The largest absolute Gasteiger partial charge is 0.504 e. The number of hydrogen-bond acceptors (Lipinski definition) is 4. The minimum atomic E-state index is -0.295. The number of esters is 1. The van der Waals surface area contributed by atoms with Crippen LogP contribution < -0.4 is 4.74 Å². The number of phenols is 2. The van der Waals surface area contributed by atoms with Crippen LogP contribution in [0.25, 0.3) is 0 Å². The van der Waals surface area contributed by atoms with Gasteiger partial charge in [-0.2, -0.15) is 0 Å². The number of hydrogen-bond donors (Lipinski definition) is 2. The van der Waals surface area contributed by atoms with Crippen molar-refractivity contribution in [3.8, 4) is 17.2 Å². The molecule has 0 fully saturated rings. The van der Waals surface area contributed by atoms with Crippen molar-refractivity contribution < 1.29 is 19.7 Å². The van der Waals surface area contributed by atoms with Crippen LogP contribution in [0.4, 0.5) is 0 Å². The monoisotopic (exact) mass is 406 g/mol. The highest BCUT2D eigenvalue weighted by Gasteiger charge is 2.10. The lowest BCUT2D eigenvalue weighted by atomic mass is 9.97. The predicted octanol–water partition coefficient (Wildman–Crippen LogP) is 7.51. The number of ether oxygens (including phenoxy) is 1. The Morgan fingerprint density at radius 3 is 1.93 bits per heavy atom. The Bertz CT molecular complexity index is 556. The predicted molar refractivity (Wildman–Crippen MR) is 119 cm³/mol. The van der Waals surface area contributed by atoms with Gasteiger partial charge < -0.3 is 14.9 Å². The minimum Gasteiger partial charge on any atom is -0.504 e. The van der Waals surface area contributed by atoms with Gasteiger partial charge in [-0.05, 0) is 24.5 Å². The number of benzene rings is 1. The summed E-state index contributed by atoms with van der Waals surface area (Å²) in [5.74, 6) is -0.0223. The van der Waals surface area contributed by atoms with Gasteiger partial charge in [-0.1, -0.05) is 97.3 Å². The van der Waals surface area contributed by atoms with Crippen molar-refractivity contribution in [3.63, 3.8) is 0 Å². The smallest absolute Gasteiger partial charge is 0.311 e. The summed E-state index contributed by atoms with van der Waals surface area (Å²) in [6, 6.07) is 4.04. The van der Waals surface area contributed by atoms with Gasteiger partial charge in [-0.25, -0.2) is 0 Å². The summed E-state index contributed by atoms with van der Waals surface area (Å²) >= 11 is 0. The van der Waals surface area contributed by atoms with Gasteiger partial charge in [-0.3, -0.25) is 4.79 Å². The van der Waals surface area contributed by atoms with Gasteiger partial charge >= 0.3 is 5.97 Å². The molecule has 1 rings (SSSR count). The van der Waals surface area contributed by atoms with Crippen LogP contribution in [0.15, 0.2) is 18.2 Å². The van der Waals surface area contributed by atoms with Crippen molar-refractivity contribution in [2.45, 2.75) is 110 Å². The fourth-order valence-electron chi connectivity index (χ4n) is 3.59. The highest BCUT2D eigenvalue weighted by Crippen LogP contribution is 2.29. The van der Waals surface area contributed by atoms with E-state index in [-0.39, 0.29) is 23.2 Å². The molecule has 1 aromatic rings. The maximum absolute atomic E-state index is 11.9. The zero-order chi connectivity index (χ0) is 21.3. The molecular weight excluding hydrogens is 364 g/mol. The van der Waals surface area contributed by atoms with Gasteiger partial charge in [-0.15, -0.1) is 0 Å². The van der Waals surface area contributed by atoms with Gasteiger partial charge in [0.1, 0.15) is 5.75 Å². The van der Waals surface area contributed by atoms with Crippen LogP contribution in [0.1, 0.15) is 110 Å². The average Bonchev–Trinajstić information content (AvgIpc) is 2.70. The lowest BCUT2D eigenvalue weighted by molar-refractivity contribution is -0.134. The molecule has 0 saturated carbocycles. The SMILES string of the molecule is CCCCCCCCCCCCCCC(C)CCC(=O)Oc1ccc(O)c(O)c1. The zero-order valence-electron chi connectivity index (χ0n) is 18.6. The Labute approximate surface area is 177 Å². The molecule has 166 valence electrons. The molecule has 4 heteroatoms. The summed E-state index contributed by atoms with van der Waals surface area (Å²) < 4.78 is 5.21. The standard InChI is InChI=1S/C25H42O4/c1-3-4-5-6-7-8-9-10-11-12-13-14-15-21(2)16-19-25(28)29-22-17-18-23(26)24(27)20-22/h17-18,20-21,26-27H,3-16,19H2,1-2H3. The second-order valence-corrected chi connectivity index (χ2v) is 8.45. The maximum Gasteiger partial charge on any atom is 0.311 e. The highest BCUT2D eigenvalue weighted by atomic mass is 16.5. The number of aromatic hydroxyl groups is 2. The Hall–Kier alpha value is -1.71. The lowest BCUT2D eigenvalue weighted by Crippen LogP contribution is -2.09. The van der Waals surface area contributed by atoms with E-state index in [4.69, 9.17) is 4.74 Å². The fraction of sp³-hybridized carbons (Fsp3) is 0.720. The topological polar surface area (TPSA) is 66.8 Å². The Morgan fingerprint density at radius 2 is 1.38 bits per heavy atom. The van der Waals surface area contributed by atoms with E-state index in [0.717, 1.165) is 12.8 Å². The number of unbranched alkanes of at least 4 members (excludes halogenated alkanes) is 11. The fourth-order valence-corrected chi connectivity index (χ4v) is 3.59. The molecule has 0 aliphatic heterocycles. The number of carbonyl (C=O) groups is 1. The molecule has 0 aromatic heterocycles. The molecule has 4 nitrogen and oxygen atoms in total. The highest BCUT2D eigenvalue weighted by molar-refractivity contribution is 5.72. The molecule has 0 aliphatic rings. The van der Waals surface area contributed by atoms with Crippen molar-refractivity contribution in [2.24, 2.45) is 5.92 Å². The molecular formula is C25H42O4. The van der Waals surface area contributed by atoms with Gasteiger partial charge in [0.25, 0.3) is 0 Å². The average molecular weight is 407 g/mol. The van der Waals surface area contributed by atoms with Crippen LogP contribution in [0.3, 0.4) is 0 Å². The van der Waals surface area contributed by atoms with Crippen LogP contribution in [-0.2, 0) is 4.79 Å². The van der Waals surface area contributed by atoms with Crippen LogP contribution in [0.5, 0.6) is 17.2 Å². The van der Waals surface area contributed by atoms with Crippen LogP contribution in [0, 0.1) is 5.92 Å². The van der Waals surface area contributed by atoms with E-state index in [1.54, 1.807) is 0 Å². The van der Waals surface area contributed by atoms with E-state index < -0.39 is 0 Å². The summed E-state index contributed by atoms with van der Waals surface area (Å²) in [6.45, 7) is 4.46. The molecule has 0 radical (unpaired) electrons. The Kier molecular flexibility index (Phi) is 14.1. The van der Waals surface area contributed by atoms with Crippen molar-refractivity contribution in [2.75, 3.05) is 0 Å². The second kappa shape index (κ2) is 16.1. The molecule has 0 spiro atoms. The summed E-state index contributed by atoms with van der Waals surface area (Å²) in [6.07, 6.45) is 18.7. The second-order valence-electron chi connectivity index (χ2n) is 8.45. The van der Waals surface area contributed by atoms with Gasteiger partial charge in [0, 0.05) is 12.5 Å². The van der Waals surface area contributed by atoms with E-state index in [2.05, 4.69) is 13.8 Å². The van der Waals surface area contributed by atoms with Crippen LogP contribution >= 0.6 is 0 Å². The quantitative estimate of drug-likeness (QED) is 0.122. The van der Waals surface area contributed by atoms with E-state index in [1.165, 1.54) is 95.2 Å². The number of rotatable bonds is 17. The number of phenolic OH excluding ortho intramolecular Hbond substituents is 2. The molecule has 2 N–H and O–H groups in total. The molecule has 0 bridgehead atoms. The first-order valence-electron chi connectivity index (χ1n) is 11.8. The molecule has 1 aromatic carbocycles. The van der Waals surface area contributed by atoms with E-state index in [9.17, 15) is 15.0 Å². The van der Waals surface area contributed by atoms with Crippen molar-refractivity contribution in [3.05, 3.63) is 18.2 Å². The first-order valence-corrected chi connectivity index (χ1v) is 11.8. The normalized spacial score (nSPS) is 12.1. The third-order valence-electron chi connectivity index (χ3n) is 5.57. The molecule has 1 unspecified atom stereocenters. The van der Waals surface area contributed by atoms with Crippen molar-refractivity contribution in [1.82, 2.24) is 0 Å². The van der Waals surface area contributed by atoms with Crippen molar-refractivity contribution in [1.29, 1.82) is 0 Å². The summed E-state index contributed by atoms with van der Waals surface area (Å²) in [5.41, 5.74) is 0. The Morgan fingerprint density at radius 1 is 0.828 bits per heavy atom. The summed E-state index contributed by atoms with van der Waals surface area (Å²) in [5, 5.41) is 18.7. The van der Waals surface area contributed by atoms with E-state index in [0.29, 0.717) is 12.3 Å². The molecule has 0 heterocycles.